The number of carbonyl (C=O) groups excluding carboxylic acids is 1. The second-order valence-electron chi connectivity index (χ2n) is 5.78. The van der Waals surface area contributed by atoms with Crippen molar-refractivity contribution < 1.29 is 9.53 Å². The maximum atomic E-state index is 12.1. The molecule has 21 heavy (non-hydrogen) atoms. The first-order valence-electron chi connectivity index (χ1n) is 7.30. The molecule has 0 atom stereocenters. The summed E-state index contributed by atoms with van der Waals surface area (Å²) in [5, 5.41) is 2.99. The molecular weight excluding hydrogens is 284 g/mol. The van der Waals surface area contributed by atoms with E-state index in [1.807, 2.05) is 30.3 Å². The van der Waals surface area contributed by atoms with Crippen LogP contribution in [0.1, 0.15) is 32.6 Å². The first kappa shape index (κ1) is 15.8. The van der Waals surface area contributed by atoms with Crippen LogP contribution in [0, 0.1) is 5.92 Å². The van der Waals surface area contributed by atoms with Gasteiger partial charge in [0.1, 0.15) is 5.75 Å². The van der Waals surface area contributed by atoms with Crippen LogP contribution < -0.4 is 15.8 Å². The van der Waals surface area contributed by atoms with Gasteiger partial charge in [-0.25, -0.2) is 0 Å². The fraction of sp³-hybridized carbons (Fsp3) is 0.500. The summed E-state index contributed by atoms with van der Waals surface area (Å²) in [4.78, 5) is 12.5. The Bertz CT molecular complexity index is 496. The van der Waals surface area contributed by atoms with Crippen molar-refractivity contribution in [3.05, 3.63) is 30.3 Å². The van der Waals surface area contributed by atoms with Gasteiger partial charge in [0.2, 0.25) is 0 Å². The van der Waals surface area contributed by atoms with Gasteiger partial charge in [-0.3, -0.25) is 4.79 Å². The molecule has 0 saturated heterocycles. The minimum Gasteiger partial charge on any atom is -0.484 e. The van der Waals surface area contributed by atoms with E-state index in [4.69, 9.17) is 22.7 Å². The number of rotatable bonds is 5. The van der Waals surface area contributed by atoms with Crippen LogP contribution in [0.5, 0.6) is 5.75 Å². The maximum absolute atomic E-state index is 12.1. The smallest absolute Gasteiger partial charge is 0.258 e. The molecule has 0 aliphatic heterocycles. The zero-order valence-electron chi connectivity index (χ0n) is 12.3. The molecule has 1 aromatic rings. The monoisotopic (exact) mass is 306 g/mol. The molecular formula is C16H22N2O2S. The van der Waals surface area contributed by atoms with Gasteiger partial charge in [-0.1, -0.05) is 37.3 Å². The lowest BCUT2D eigenvalue weighted by Crippen LogP contribution is -2.59. The molecule has 3 N–H and O–H groups in total. The molecule has 5 heteroatoms. The Morgan fingerprint density at radius 2 is 2.00 bits per heavy atom. The summed E-state index contributed by atoms with van der Waals surface area (Å²) in [6, 6.07) is 9.27. The fourth-order valence-electron chi connectivity index (χ4n) is 2.66. The van der Waals surface area contributed by atoms with Crippen LogP contribution in [0.2, 0.25) is 0 Å². The highest BCUT2D eigenvalue weighted by atomic mass is 32.1. The third-order valence-corrected chi connectivity index (χ3v) is 4.48. The van der Waals surface area contributed by atoms with Crippen molar-refractivity contribution >= 4 is 23.1 Å². The van der Waals surface area contributed by atoms with Gasteiger partial charge in [0.15, 0.2) is 6.61 Å². The molecule has 1 saturated carbocycles. The van der Waals surface area contributed by atoms with E-state index in [2.05, 4.69) is 12.2 Å². The standard InChI is InChI=1S/C16H22N2O2S/c1-12-7-9-16(10-8-12,15(17)21)18-14(19)11-20-13-5-3-2-4-6-13/h2-6,12H,7-11H2,1H3,(H2,17,21)(H,18,19). The van der Waals surface area contributed by atoms with Crippen LogP contribution in [0.15, 0.2) is 30.3 Å². The topological polar surface area (TPSA) is 64.3 Å². The quantitative estimate of drug-likeness (QED) is 0.820. The number of para-hydroxylation sites is 1. The fourth-order valence-corrected chi connectivity index (χ4v) is 2.91. The van der Waals surface area contributed by atoms with Gasteiger partial charge in [-0.2, -0.15) is 0 Å². The molecule has 1 fully saturated rings. The van der Waals surface area contributed by atoms with Crippen molar-refractivity contribution in [3.63, 3.8) is 0 Å². The summed E-state index contributed by atoms with van der Waals surface area (Å²) in [5.74, 6) is 1.15. The number of carbonyl (C=O) groups is 1. The molecule has 0 unspecified atom stereocenters. The highest BCUT2D eigenvalue weighted by Crippen LogP contribution is 2.32. The van der Waals surface area contributed by atoms with Crippen LogP contribution in [0.4, 0.5) is 0 Å². The van der Waals surface area contributed by atoms with E-state index < -0.39 is 5.54 Å². The average Bonchev–Trinajstić information content (AvgIpc) is 2.48. The van der Waals surface area contributed by atoms with Crippen molar-refractivity contribution in [1.82, 2.24) is 5.32 Å². The van der Waals surface area contributed by atoms with Crippen molar-refractivity contribution in [2.24, 2.45) is 11.7 Å². The van der Waals surface area contributed by atoms with Crippen molar-refractivity contribution in [2.45, 2.75) is 38.1 Å². The van der Waals surface area contributed by atoms with Gasteiger partial charge in [-0.15, -0.1) is 0 Å². The Kier molecular flexibility index (Phi) is 5.17. The zero-order chi connectivity index (χ0) is 15.3. The number of benzene rings is 1. The third-order valence-electron chi connectivity index (χ3n) is 4.09. The average molecular weight is 306 g/mol. The molecule has 0 bridgehead atoms. The Balaban J connectivity index is 1.91. The minimum absolute atomic E-state index is 0.0239. The van der Waals surface area contributed by atoms with E-state index >= 15 is 0 Å². The number of nitrogens with two attached hydrogens (primary N) is 1. The van der Waals surface area contributed by atoms with Crippen LogP contribution in [0.3, 0.4) is 0 Å². The summed E-state index contributed by atoms with van der Waals surface area (Å²) in [5.41, 5.74) is 5.34. The molecule has 0 aromatic heterocycles. The largest absolute Gasteiger partial charge is 0.484 e. The lowest BCUT2D eigenvalue weighted by molar-refractivity contribution is -0.124. The van der Waals surface area contributed by atoms with Gasteiger partial charge in [0, 0.05) is 0 Å². The zero-order valence-corrected chi connectivity index (χ0v) is 13.1. The number of thiocarbonyl (C=S) groups is 1. The molecule has 0 spiro atoms. The maximum Gasteiger partial charge on any atom is 0.258 e. The Morgan fingerprint density at radius 3 is 2.57 bits per heavy atom. The first-order valence-corrected chi connectivity index (χ1v) is 7.71. The van der Waals surface area contributed by atoms with Crippen molar-refractivity contribution in [3.8, 4) is 5.75 Å². The molecule has 114 valence electrons. The summed E-state index contributed by atoms with van der Waals surface area (Å²) in [6.07, 6.45) is 3.66. The van der Waals surface area contributed by atoms with Crippen LogP contribution in [-0.2, 0) is 4.79 Å². The molecule has 0 radical (unpaired) electrons. The molecule has 0 heterocycles. The summed E-state index contributed by atoms with van der Waals surface area (Å²) in [7, 11) is 0. The first-order chi connectivity index (χ1) is 10.0. The molecule has 1 aromatic carbocycles. The Morgan fingerprint density at radius 1 is 1.38 bits per heavy atom. The normalized spacial score (nSPS) is 25.1. The van der Waals surface area contributed by atoms with E-state index in [1.165, 1.54) is 0 Å². The molecule has 4 nitrogen and oxygen atoms in total. The van der Waals surface area contributed by atoms with Crippen LogP contribution >= 0.6 is 12.2 Å². The highest BCUT2D eigenvalue weighted by molar-refractivity contribution is 7.80. The van der Waals surface area contributed by atoms with E-state index in [-0.39, 0.29) is 12.5 Å². The summed E-state index contributed by atoms with van der Waals surface area (Å²) in [6.45, 7) is 2.19. The Labute approximate surface area is 131 Å². The summed E-state index contributed by atoms with van der Waals surface area (Å²) >= 11 is 5.18. The van der Waals surface area contributed by atoms with Crippen LogP contribution in [-0.4, -0.2) is 23.0 Å². The molecule has 1 aliphatic rings. The highest BCUT2D eigenvalue weighted by Gasteiger charge is 2.38. The second kappa shape index (κ2) is 6.89. The second-order valence-corrected chi connectivity index (χ2v) is 6.22. The van der Waals surface area contributed by atoms with E-state index in [0.29, 0.717) is 16.7 Å². The van der Waals surface area contributed by atoms with E-state index in [9.17, 15) is 4.79 Å². The van der Waals surface area contributed by atoms with Gasteiger partial charge < -0.3 is 15.8 Å². The van der Waals surface area contributed by atoms with Gasteiger partial charge in [-0.05, 0) is 43.7 Å². The lowest BCUT2D eigenvalue weighted by Gasteiger charge is -2.39. The SMILES string of the molecule is CC1CCC(NC(=O)COc2ccccc2)(C(N)=S)CC1. The van der Waals surface area contributed by atoms with Gasteiger partial charge in [0.25, 0.3) is 5.91 Å². The predicted octanol–water partition coefficient (Wildman–Crippen LogP) is 2.42. The Hall–Kier alpha value is -1.62. The van der Waals surface area contributed by atoms with E-state index in [0.717, 1.165) is 25.7 Å². The molecule has 2 rings (SSSR count). The van der Waals surface area contributed by atoms with Gasteiger partial charge in [0.05, 0.1) is 10.5 Å². The van der Waals surface area contributed by atoms with Crippen molar-refractivity contribution in [2.75, 3.05) is 6.61 Å². The van der Waals surface area contributed by atoms with Gasteiger partial charge >= 0.3 is 0 Å². The predicted molar refractivity (Wildman–Crippen MR) is 87.2 cm³/mol. The number of hydrogen-bond acceptors (Lipinski definition) is 3. The third kappa shape index (κ3) is 4.17. The summed E-state index contributed by atoms with van der Waals surface area (Å²) < 4.78 is 5.46. The minimum atomic E-state index is -0.543. The van der Waals surface area contributed by atoms with Crippen molar-refractivity contribution in [1.29, 1.82) is 0 Å². The number of hydrogen-bond donors (Lipinski definition) is 2. The van der Waals surface area contributed by atoms with Crippen LogP contribution in [0.25, 0.3) is 0 Å². The molecule has 1 aliphatic carbocycles. The number of amides is 1. The number of nitrogens with one attached hydrogen (secondary N) is 1. The van der Waals surface area contributed by atoms with E-state index in [1.54, 1.807) is 0 Å². The molecule has 1 amide bonds. The number of ether oxygens (including phenoxy) is 1. The lowest BCUT2D eigenvalue weighted by atomic mass is 9.77.